The summed E-state index contributed by atoms with van der Waals surface area (Å²) in [6.07, 6.45) is 2.80. The maximum absolute atomic E-state index is 13.8. The molecule has 6 heteroatoms. The molecule has 1 N–H and O–H groups in total. The van der Waals surface area contributed by atoms with E-state index in [9.17, 15) is 18.0 Å². The van der Waals surface area contributed by atoms with Gasteiger partial charge in [-0.25, -0.2) is 13.2 Å². The molecular formula is C25H25F3N2O. The summed E-state index contributed by atoms with van der Waals surface area (Å²) in [4.78, 5) is 17.0. The smallest absolute Gasteiger partial charge is 0.263 e. The molecule has 1 heterocycles. The molecule has 2 aromatic carbocycles. The Morgan fingerprint density at radius 3 is 2.58 bits per heavy atom. The number of carbonyl (C=O) groups excluding carboxylic acids is 1. The van der Waals surface area contributed by atoms with E-state index < -0.39 is 6.43 Å². The largest absolute Gasteiger partial charge is 0.326 e. The van der Waals surface area contributed by atoms with Gasteiger partial charge in [-0.2, -0.15) is 0 Å². The van der Waals surface area contributed by atoms with Crippen molar-refractivity contribution in [3.05, 3.63) is 71.7 Å². The van der Waals surface area contributed by atoms with Gasteiger partial charge in [0.2, 0.25) is 5.91 Å². The zero-order chi connectivity index (χ0) is 22.0. The number of anilines is 1. The number of carbonyl (C=O) groups is 1. The molecule has 1 aliphatic carbocycles. The number of aromatic nitrogens is 1. The highest BCUT2D eigenvalue weighted by Gasteiger charge is 2.30. The minimum Gasteiger partial charge on any atom is -0.326 e. The van der Waals surface area contributed by atoms with Crippen LogP contribution in [0.2, 0.25) is 0 Å². The van der Waals surface area contributed by atoms with Crippen molar-refractivity contribution in [2.45, 2.75) is 45.0 Å². The molecule has 0 spiro atoms. The average Bonchev–Trinajstić information content (AvgIpc) is 2.78. The van der Waals surface area contributed by atoms with E-state index in [1.807, 2.05) is 13.0 Å². The molecule has 31 heavy (non-hydrogen) atoms. The van der Waals surface area contributed by atoms with Crippen LogP contribution in [0.15, 0.2) is 54.7 Å². The van der Waals surface area contributed by atoms with Gasteiger partial charge in [0.15, 0.2) is 0 Å². The average molecular weight is 426 g/mol. The second-order valence-electron chi connectivity index (χ2n) is 8.38. The maximum atomic E-state index is 13.8. The highest BCUT2D eigenvalue weighted by atomic mass is 19.3. The summed E-state index contributed by atoms with van der Waals surface area (Å²) >= 11 is 0. The predicted molar refractivity (Wildman–Crippen MR) is 116 cm³/mol. The topological polar surface area (TPSA) is 42.0 Å². The van der Waals surface area contributed by atoms with Crippen molar-refractivity contribution >= 4 is 22.5 Å². The molecular weight excluding hydrogens is 401 g/mol. The lowest BCUT2D eigenvalue weighted by atomic mass is 9.73. The lowest BCUT2D eigenvalue weighted by Gasteiger charge is -2.32. The third-order valence-corrected chi connectivity index (χ3v) is 6.48. The summed E-state index contributed by atoms with van der Waals surface area (Å²) in [5.41, 5.74) is 2.20. The molecule has 1 saturated carbocycles. The molecule has 1 amide bonds. The van der Waals surface area contributed by atoms with Gasteiger partial charge in [-0.15, -0.1) is 0 Å². The minimum absolute atomic E-state index is 0.105. The highest BCUT2D eigenvalue weighted by molar-refractivity contribution is 5.92. The summed E-state index contributed by atoms with van der Waals surface area (Å²) < 4.78 is 39.6. The molecule has 0 unspecified atom stereocenters. The molecule has 1 atom stereocenters. The van der Waals surface area contributed by atoms with Gasteiger partial charge in [0.25, 0.3) is 6.43 Å². The molecule has 1 aliphatic rings. The molecule has 0 bridgehead atoms. The fourth-order valence-electron chi connectivity index (χ4n) is 4.65. The fourth-order valence-corrected chi connectivity index (χ4v) is 4.65. The van der Waals surface area contributed by atoms with Crippen LogP contribution in [0.1, 0.15) is 56.1 Å². The van der Waals surface area contributed by atoms with Crippen molar-refractivity contribution in [3.8, 4) is 0 Å². The number of alkyl halides is 2. The van der Waals surface area contributed by atoms with Crippen LogP contribution in [0.3, 0.4) is 0 Å². The lowest BCUT2D eigenvalue weighted by molar-refractivity contribution is -0.121. The second kappa shape index (κ2) is 9.08. The van der Waals surface area contributed by atoms with Crippen molar-refractivity contribution in [3.63, 3.8) is 0 Å². The van der Waals surface area contributed by atoms with Crippen LogP contribution >= 0.6 is 0 Å². The summed E-state index contributed by atoms with van der Waals surface area (Å²) in [5.74, 6) is -0.105. The van der Waals surface area contributed by atoms with E-state index in [1.165, 1.54) is 24.3 Å². The number of amides is 1. The number of nitrogens with one attached hydrogen (secondary N) is 1. The normalized spacial score (nSPS) is 20.0. The van der Waals surface area contributed by atoms with Crippen molar-refractivity contribution < 1.29 is 18.0 Å². The molecule has 3 nitrogen and oxygen atoms in total. The standard InChI is InChI=1S/C25H25F3N2O/c1-15(25(31)30-20-4-2-3-18(13-20)24(27)28)16-5-7-17(8-6-16)21-11-12-29-23-10-9-19(26)14-22(21)23/h2-4,9-17,24H,5-8H2,1H3,(H,30,31)/t15-,16-,17+/m1/s1. The van der Waals surface area contributed by atoms with E-state index in [0.717, 1.165) is 42.1 Å². The molecule has 1 fully saturated rings. The Morgan fingerprint density at radius 1 is 1.06 bits per heavy atom. The first kappa shape index (κ1) is 21.3. The SMILES string of the molecule is C[C@@H](C(=O)Nc1cccc(C(F)F)c1)[C@H]1CC[C@@H](c2ccnc3ccc(F)cc32)CC1. The Balaban J connectivity index is 1.40. The Hall–Kier alpha value is -2.89. The van der Waals surface area contributed by atoms with Crippen LogP contribution in [0.4, 0.5) is 18.9 Å². The van der Waals surface area contributed by atoms with Gasteiger partial charge >= 0.3 is 0 Å². The number of nitrogens with zero attached hydrogens (tertiary/aromatic N) is 1. The summed E-state index contributed by atoms with van der Waals surface area (Å²) in [7, 11) is 0. The van der Waals surface area contributed by atoms with Crippen LogP contribution in [0.25, 0.3) is 10.9 Å². The van der Waals surface area contributed by atoms with Crippen molar-refractivity contribution in [1.29, 1.82) is 0 Å². The third kappa shape index (κ3) is 4.73. The first-order valence-corrected chi connectivity index (χ1v) is 10.7. The number of hydrogen-bond donors (Lipinski definition) is 1. The number of rotatable bonds is 5. The predicted octanol–water partition coefficient (Wildman–Crippen LogP) is 6.86. The zero-order valence-corrected chi connectivity index (χ0v) is 17.3. The van der Waals surface area contributed by atoms with Gasteiger partial charge in [-0.05, 0) is 79.5 Å². The number of pyridine rings is 1. The summed E-state index contributed by atoms with van der Waals surface area (Å²) in [6.45, 7) is 1.90. The molecule has 0 radical (unpaired) electrons. The Morgan fingerprint density at radius 2 is 1.84 bits per heavy atom. The van der Waals surface area contributed by atoms with Gasteiger partial charge in [0.1, 0.15) is 5.82 Å². The Bertz CT molecular complexity index is 1080. The molecule has 0 saturated heterocycles. The van der Waals surface area contributed by atoms with E-state index in [4.69, 9.17) is 0 Å². The first-order valence-electron chi connectivity index (χ1n) is 10.7. The molecule has 4 rings (SSSR count). The molecule has 1 aromatic heterocycles. The van der Waals surface area contributed by atoms with Gasteiger partial charge in [0, 0.05) is 28.8 Å². The zero-order valence-electron chi connectivity index (χ0n) is 17.3. The number of hydrogen-bond acceptors (Lipinski definition) is 2. The van der Waals surface area contributed by atoms with Gasteiger partial charge in [-0.3, -0.25) is 9.78 Å². The first-order chi connectivity index (χ1) is 14.9. The van der Waals surface area contributed by atoms with Crippen molar-refractivity contribution in [1.82, 2.24) is 4.98 Å². The quantitative estimate of drug-likeness (QED) is 0.484. The minimum atomic E-state index is -2.57. The van der Waals surface area contributed by atoms with Gasteiger partial charge in [0.05, 0.1) is 5.52 Å². The van der Waals surface area contributed by atoms with Crippen LogP contribution in [-0.2, 0) is 4.79 Å². The lowest BCUT2D eigenvalue weighted by Crippen LogP contribution is -2.29. The van der Waals surface area contributed by atoms with E-state index in [1.54, 1.807) is 24.4 Å². The molecule has 0 aliphatic heterocycles. The Kier molecular flexibility index (Phi) is 6.25. The Labute approximate surface area is 179 Å². The van der Waals surface area contributed by atoms with Crippen LogP contribution in [0.5, 0.6) is 0 Å². The van der Waals surface area contributed by atoms with Gasteiger partial charge < -0.3 is 5.32 Å². The fraction of sp³-hybridized carbons (Fsp3) is 0.360. The van der Waals surface area contributed by atoms with Crippen LogP contribution in [0, 0.1) is 17.7 Å². The van der Waals surface area contributed by atoms with E-state index in [-0.39, 0.29) is 29.1 Å². The third-order valence-electron chi connectivity index (χ3n) is 6.48. The van der Waals surface area contributed by atoms with E-state index in [0.29, 0.717) is 11.6 Å². The van der Waals surface area contributed by atoms with E-state index >= 15 is 0 Å². The summed E-state index contributed by atoms with van der Waals surface area (Å²) in [6, 6.07) is 12.5. The van der Waals surface area contributed by atoms with Crippen LogP contribution < -0.4 is 5.32 Å². The monoisotopic (exact) mass is 426 g/mol. The van der Waals surface area contributed by atoms with Crippen molar-refractivity contribution in [2.24, 2.45) is 11.8 Å². The summed E-state index contributed by atoms with van der Waals surface area (Å²) in [5, 5.41) is 3.64. The highest BCUT2D eigenvalue weighted by Crippen LogP contribution is 2.41. The van der Waals surface area contributed by atoms with Crippen molar-refractivity contribution in [2.75, 3.05) is 5.32 Å². The second-order valence-corrected chi connectivity index (χ2v) is 8.38. The molecule has 3 aromatic rings. The number of benzene rings is 2. The van der Waals surface area contributed by atoms with E-state index in [2.05, 4.69) is 10.3 Å². The number of fused-ring (bicyclic) bond motifs is 1. The maximum Gasteiger partial charge on any atom is 0.263 e. The van der Waals surface area contributed by atoms with Gasteiger partial charge in [-0.1, -0.05) is 19.1 Å². The number of halogens is 3. The molecule has 162 valence electrons. The van der Waals surface area contributed by atoms with Crippen LogP contribution in [-0.4, -0.2) is 10.9 Å².